The maximum absolute atomic E-state index is 5.71. The molecule has 1 saturated heterocycles. The molecule has 122 valence electrons. The molecule has 1 aromatic heterocycles. The summed E-state index contributed by atoms with van der Waals surface area (Å²) < 4.78 is 11.4. The zero-order valence-electron chi connectivity index (χ0n) is 13.7. The number of nitrogens with one attached hydrogen (secondary N) is 1. The number of benzene rings is 2. The molecule has 0 amide bonds. The fourth-order valence-electron chi connectivity index (χ4n) is 3.00. The van der Waals surface area contributed by atoms with Crippen LogP contribution in [0.3, 0.4) is 0 Å². The van der Waals surface area contributed by atoms with E-state index in [1.54, 1.807) is 0 Å². The number of rotatable bonds is 4. The summed E-state index contributed by atoms with van der Waals surface area (Å²) in [5.74, 6) is 0.826. The lowest BCUT2D eigenvalue weighted by molar-refractivity contribution is -0.0436. The van der Waals surface area contributed by atoms with Crippen molar-refractivity contribution in [2.75, 3.05) is 18.5 Å². The largest absolute Gasteiger partial charge is 0.366 e. The van der Waals surface area contributed by atoms with E-state index in [2.05, 4.69) is 48.6 Å². The van der Waals surface area contributed by atoms with Gasteiger partial charge in [-0.2, -0.15) is 0 Å². The summed E-state index contributed by atoms with van der Waals surface area (Å²) in [5, 5.41) is 4.56. The number of para-hydroxylation sites is 1. The van der Waals surface area contributed by atoms with Gasteiger partial charge in [0.25, 0.3) is 0 Å². The number of aryl methyl sites for hydroxylation is 1. The highest BCUT2D eigenvalue weighted by molar-refractivity contribution is 5.84. The number of hydrogen-bond acceptors (Lipinski definition) is 4. The first-order valence-electron chi connectivity index (χ1n) is 8.22. The summed E-state index contributed by atoms with van der Waals surface area (Å²) in [7, 11) is 0. The molecule has 0 saturated carbocycles. The van der Waals surface area contributed by atoms with Gasteiger partial charge in [0.15, 0.2) is 6.29 Å². The first kappa shape index (κ1) is 15.1. The highest BCUT2D eigenvalue weighted by atomic mass is 16.7. The van der Waals surface area contributed by atoms with Crippen molar-refractivity contribution in [1.82, 2.24) is 4.98 Å². The second-order valence-electron chi connectivity index (χ2n) is 5.99. The Morgan fingerprint density at radius 1 is 1.04 bits per heavy atom. The third-order valence-corrected chi connectivity index (χ3v) is 4.26. The van der Waals surface area contributed by atoms with Gasteiger partial charge < -0.3 is 14.8 Å². The van der Waals surface area contributed by atoms with Crippen LogP contribution in [0.5, 0.6) is 0 Å². The molecule has 1 aliphatic rings. The van der Waals surface area contributed by atoms with E-state index in [9.17, 15) is 0 Å². The van der Waals surface area contributed by atoms with Crippen molar-refractivity contribution < 1.29 is 9.47 Å². The Morgan fingerprint density at radius 2 is 1.83 bits per heavy atom. The molecule has 0 atom stereocenters. The molecule has 1 N–H and O–H groups in total. The zero-order valence-corrected chi connectivity index (χ0v) is 13.7. The molecule has 0 aliphatic carbocycles. The molecule has 4 rings (SSSR count). The highest BCUT2D eigenvalue weighted by Crippen LogP contribution is 2.32. The van der Waals surface area contributed by atoms with Crippen LogP contribution in [0.15, 0.2) is 54.6 Å². The minimum atomic E-state index is -0.347. The van der Waals surface area contributed by atoms with Crippen LogP contribution >= 0.6 is 0 Å². The Balaban J connectivity index is 1.72. The molecule has 0 bridgehead atoms. The van der Waals surface area contributed by atoms with Crippen molar-refractivity contribution >= 4 is 16.7 Å². The zero-order chi connectivity index (χ0) is 16.4. The van der Waals surface area contributed by atoms with Crippen LogP contribution in [0, 0.1) is 6.92 Å². The van der Waals surface area contributed by atoms with E-state index in [0.29, 0.717) is 19.8 Å². The maximum Gasteiger partial charge on any atom is 0.187 e. The van der Waals surface area contributed by atoms with Crippen molar-refractivity contribution in [3.05, 3.63) is 71.3 Å². The molecule has 2 heterocycles. The fraction of sp³-hybridized carbons (Fsp3) is 0.250. The average Bonchev–Trinajstić information content (AvgIpc) is 3.15. The van der Waals surface area contributed by atoms with Crippen LogP contribution in [0.2, 0.25) is 0 Å². The molecule has 0 unspecified atom stereocenters. The third-order valence-electron chi connectivity index (χ3n) is 4.26. The first-order valence-corrected chi connectivity index (χ1v) is 8.22. The predicted molar refractivity (Wildman–Crippen MR) is 94.9 cm³/mol. The number of hydrogen-bond donors (Lipinski definition) is 1. The van der Waals surface area contributed by atoms with Crippen LogP contribution in [-0.2, 0) is 16.0 Å². The van der Waals surface area contributed by atoms with E-state index < -0.39 is 0 Å². The number of anilines is 1. The number of fused-ring (bicyclic) bond motifs is 1. The van der Waals surface area contributed by atoms with Crippen molar-refractivity contribution in [1.29, 1.82) is 0 Å². The quantitative estimate of drug-likeness (QED) is 0.782. The van der Waals surface area contributed by atoms with Crippen LogP contribution in [0.1, 0.15) is 23.0 Å². The topological polar surface area (TPSA) is 43.4 Å². The van der Waals surface area contributed by atoms with Crippen molar-refractivity contribution in [2.24, 2.45) is 0 Å². The lowest BCUT2D eigenvalue weighted by Gasteiger charge is -2.17. The number of ether oxygens (including phenoxy) is 2. The maximum atomic E-state index is 5.71. The Labute approximate surface area is 141 Å². The molecule has 1 aliphatic heterocycles. The molecule has 2 aromatic carbocycles. The summed E-state index contributed by atoms with van der Waals surface area (Å²) in [4.78, 5) is 4.86. The fourth-order valence-corrected chi connectivity index (χ4v) is 3.00. The summed E-state index contributed by atoms with van der Waals surface area (Å²) in [6.07, 6.45) is -0.347. The molecule has 24 heavy (non-hydrogen) atoms. The van der Waals surface area contributed by atoms with E-state index in [0.717, 1.165) is 27.8 Å². The van der Waals surface area contributed by atoms with Gasteiger partial charge in [0.1, 0.15) is 5.82 Å². The Bertz CT molecular complexity index is 843. The second kappa shape index (κ2) is 6.59. The van der Waals surface area contributed by atoms with E-state index in [1.165, 1.54) is 5.56 Å². The van der Waals surface area contributed by atoms with Gasteiger partial charge in [0.05, 0.1) is 24.3 Å². The van der Waals surface area contributed by atoms with Crippen LogP contribution in [-0.4, -0.2) is 18.2 Å². The molecular formula is C20H20N2O2. The highest BCUT2D eigenvalue weighted by Gasteiger charge is 2.23. The monoisotopic (exact) mass is 320 g/mol. The van der Waals surface area contributed by atoms with E-state index in [4.69, 9.17) is 14.5 Å². The van der Waals surface area contributed by atoms with Gasteiger partial charge in [-0.05, 0) is 24.1 Å². The average molecular weight is 320 g/mol. The number of pyridine rings is 1. The third kappa shape index (κ3) is 2.98. The molecule has 0 radical (unpaired) electrons. The minimum absolute atomic E-state index is 0.347. The summed E-state index contributed by atoms with van der Waals surface area (Å²) in [5.41, 5.74) is 4.34. The van der Waals surface area contributed by atoms with Gasteiger partial charge in [0, 0.05) is 11.9 Å². The van der Waals surface area contributed by atoms with Gasteiger partial charge in [-0.3, -0.25) is 0 Å². The van der Waals surface area contributed by atoms with Crippen molar-refractivity contribution in [2.45, 2.75) is 19.8 Å². The molecule has 3 aromatic rings. The van der Waals surface area contributed by atoms with E-state index in [-0.39, 0.29) is 6.29 Å². The molecule has 4 nitrogen and oxygen atoms in total. The Morgan fingerprint density at radius 3 is 2.62 bits per heavy atom. The van der Waals surface area contributed by atoms with Gasteiger partial charge in [0.2, 0.25) is 0 Å². The standard InChI is InChI=1S/C20H20N2O2/c1-14-6-5-9-16-12-17(20-23-10-11-24-20)19(22-18(14)16)21-13-15-7-3-2-4-8-15/h2-9,12,20H,10-11,13H2,1H3,(H,21,22). The molecule has 1 fully saturated rings. The lowest BCUT2D eigenvalue weighted by atomic mass is 10.1. The lowest BCUT2D eigenvalue weighted by Crippen LogP contribution is -2.09. The molecule has 4 heteroatoms. The number of aromatic nitrogens is 1. The molecule has 0 spiro atoms. The van der Waals surface area contributed by atoms with Crippen molar-refractivity contribution in [3.63, 3.8) is 0 Å². The summed E-state index contributed by atoms with van der Waals surface area (Å²) >= 11 is 0. The summed E-state index contributed by atoms with van der Waals surface area (Å²) in [6, 6.07) is 18.6. The van der Waals surface area contributed by atoms with Gasteiger partial charge in [-0.1, -0.05) is 48.5 Å². The van der Waals surface area contributed by atoms with E-state index in [1.807, 2.05) is 18.2 Å². The normalized spacial score (nSPS) is 15.0. The second-order valence-corrected chi connectivity index (χ2v) is 5.99. The number of nitrogens with zero attached hydrogens (tertiary/aromatic N) is 1. The predicted octanol–water partition coefficient (Wildman–Crippen LogP) is 4.20. The Kier molecular flexibility index (Phi) is 4.15. The van der Waals surface area contributed by atoms with Gasteiger partial charge in [-0.25, -0.2) is 4.98 Å². The van der Waals surface area contributed by atoms with E-state index >= 15 is 0 Å². The van der Waals surface area contributed by atoms with Gasteiger partial charge >= 0.3 is 0 Å². The smallest absolute Gasteiger partial charge is 0.187 e. The minimum Gasteiger partial charge on any atom is -0.366 e. The molecular weight excluding hydrogens is 300 g/mol. The van der Waals surface area contributed by atoms with Gasteiger partial charge in [-0.15, -0.1) is 0 Å². The first-order chi connectivity index (χ1) is 11.8. The van der Waals surface area contributed by atoms with Crippen molar-refractivity contribution in [3.8, 4) is 0 Å². The Hall–Kier alpha value is -2.43. The SMILES string of the molecule is Cc1cccc2cc(C3OCCO3)c(NCc3ccccc3)nc12. The van der Waals surface area contributed by atoms with Crippen LogP contribution in [0.25, 0.3) is 10.9 Å². The summed E-state index contributed by atoms with van der Waals surface area (Å²) in [6.45, 7) is 4.03. The van der Waals surface area contributed by atoms with Crippen LogP contribution in [0.4, 0.5) is 5.82 Å². The van der Waals surface area contributed by atoms with Crippen LogP contribution < -0.4 is 5.32 Å².